The number of amides is 1. The van der Waals surface area contributed by atoms with Crippen molar-refractivity contribution in [3.63, 3.8) is 0 Å². The number of rotatable bonds is 5. The fourth-order valence-corrected chi connectivity index (χ4v) is 3.88. The van der Waals surface area contributed by atoms with E-state index in [9.17, 15) is 18.0 Å². The van der Waals surface area contributed by atoms with Gasteiger partial charge in [0.2, 0.25) is 10.0 Å². The Kier molecular flexibility index (Phi) is 5.82. The van der Waals surface area contributed by atoms with E-state index in [1.807, 2.05) is 0 Å². The van der Waals surface area contributed by atoms with Crippen LogP contribution in [0.15, 0.2) is 29.2 Å². The van der Waals surface area contributed by atoms with Crippen molar-refractivity contribution in [1.82, 2.24) is 9.62 Å². The van der Waals surface area contributed by atoms with Crippen molar-refractivity contribution in [2.75, 3.05) is 19.6 Å². The van der Waals surface area contributed by atoms with Gasteiger partial charge in [-0.2, -0.15) is 4.72 Å². The van der Waals surface area contributed by atoms with E-state index in [-0.39, 0.29) is 28.8 Å². The van der Waals surface area contributed by atoms with Crippen molar-refractivity contribution >= 4 is 21.9 Å². The normalized spacial score (nSPS) is 20.7. The first-order chi connectivity index (χ1) is 11.8. The standard InChI is InChI=1S/C17H20N2O5S/c1-3-8-18-25(23,24)14-6-4-5-13(10-14)16(20)19-9-7-15(17(21)22)12(2)11-19/h1,4-6,10,12,15,18H,7-9,11H2,2H3,(H,21,22). The molecule has 1 aromatic carbocycles. The maximum Gasteiger partial charge on any atom is 0.306 e. The Bertz CT molecular complexity index is 813. The SMILES string of the molecule is C#CCNS(=O)(=O)c1cccc(C(=O)N2CCC(C(=O)O)C(C)C2)c1. The second-order valence-electron chi connectivity index (χ2n) is 6.02. The van der Waals surface area contributed by atoms with Gasteiger partial charge in [0, 0.05) is 18.7 Å². The van der Waals surface area contributed by atoms with Crippen molar-refractivity contribution in [2.24, 2.45) is 11.8 Å². The topological polar surface area (TPSA) is 104 Å². The first-order valence-electron chi connectivity index (χ1n) is 7.81. The highest BCUT2D eigenvalue weighted by molar-refractivity contribution is 7.89. The molecule has 2 atom stereocenters. The summed E-state index contributed by atoms with van der Waals surface area (Å²) in [5.41, 5.74) is 0.240. The average molecular weight is 364 g/mol. The average Bonchev–Trinajstić information content (AvgIpc) is 2.59. The number of carbonyl (C=O) groups is 2. The molecule has 1 amide bonds. The molecule has 0 bridgehead atoms. The number of piperidine rings is 1. The van der Waals surface area contributed by atoms with Crippen LogP contribution in [-0.2, 0) is 14.8 Å². The molecule has 1 aromatic rings. The third-order valence-electron chi connectivity index (χ3n) is 4.27. The maximum atomic E-state index is 12.6. The van der Waals surface area contributed by atoms with Gasteiger partial charge in [-0.05, 0) is 30.5 Å². The second kappa shape index (κ2) is 7.68. The van der Waals surface area contributed by atoms with E-state index < -0.39 is 21.9 Å². The minimum absolute atomic E-state index is 0.0397. The number of likely N-dealkylation sites (tertiary alicyclic amines) is 1. The molecule has 25 heavy (non-hydrogen) atoms. The summed E-state index contributed by atoms with van der Waals surface area (Å²) in [5.74, 6) is 0.382. The number of benzene rings is 1. The molecule has 1 heterocycles. The number of nitrogens with zero attached hydrogens (tertiary/aromatic N) is 1. The lowest BCUT2D eigenvalue weighted by Gasteiger charge is -2.35. The predicted molar refractivity (Wildman–Crippen MR) is 91.3 cm³/mol. The number of sulfonamides is 1. The zero-order valence-electron chi connectivity index (χ0n) is 13.8. The van der Waals surface area contributed by atoms with Gasteiger partial charge < -0.3 is 10.0 Å². The van der Waals surface area contributed by atoms with Crippen LogP contribution in [-0.4, -0.2) is 49.9 Å². The lowest BCUT2D eigenvalue weighted by molar-refractivity contribution is -0.145. The molecule has 0 radical (unpaired) electrons. The quantitative estimate of drug-likeness (QED) is 0.752. The second-order valence-corrected chi connectivity index (χ2v) is 7.79. The molecule has 1 fully saturated rings. The van der Waals surface area contributed by atoms with Crippen LogP contribution in [0.5, 0.6) is 0 Å². The maximum absolute atomic E-state index is 12.6. The molecular formula is C17H20N2O5S. The summed E-state index contributed by atoms with van der Waals surface area (Å²) in [5, 5.41) is 9.16. The van der Waals surface area contributed by atoms with Crippen molar-refractivity contribution in [3.05, 3.63) is 29.8 Å². The number of carboxylic acids is 1. The fourth-order valence-electron chi connectivity index (χ4n) is 2.90. The van der Waals surface area contributed by atoms with Crippen molar-refractivity contribution in [1.29, 1.82) is 0 Å². The Morgan fingerprint density at radius 2 is 2.16 bits per heavy atom. The number of nitrogens with one attached hydrogen (secondary N) is 1. The molecule has 0 aliphatic carbocycles. The van der Waals surface area contributed by atoms with Gasteiger partial charge >= 0.3 is 5.97 Å². The highest BCUT2D eigenvalue weighted by Gasteiger charge is 2.33. The van der Waals surface area contributed by atoms with E-state index in [2.05, 4.69) is 10.6 Å². The fraction of sp³-hybridized carbons (Fsp3) is 0.412. The van der Waals surface area contributed by atoms with Crippen molar-refractivity contribution < 1.29 is 23.1 Å². The van der Waals surface area contributed by atoms with E-state index in [4.69, 9.17) is 11.5 Å². The number of terminal acetylenes is 1. The highest BCUT2D eigenvalue weighted by atomic mass is 32.2. The van der Waals surface area contributed by atoms with Crippen LogP contribution in [0.25, 0.3) is 0 Å². The molecule has 2 N–H and O–H groups in total. The molecule has 1 saturated heterocycles. The summed E-state index contributed by atoms with van der Waals surface area (Å²) in [6.45, 7) is 2.30. The molecule has 7 nitrogen and oxygen atoms in total. The summed E-state index contributed by atoms with van der Waals surface area (Å²) < 4.78 is 26.5. The Labute approximate surface area is 147 Å². The highest BCUT2D eigenvalue weighted by Crippen LogP contribution is 2.25. The van der Waals surface area contributed by atoms with E-state index >= 15 is 0 Å². The lowest BCUT2D eigenvalue weighted by Crippen LogP contribution is -2.45. The molecule has 1 aliphatic heterocycles. The van der Waals surface area contributed by atoms with Crippen LogP contribution in [0.3, 0.4) is 0 Å². The lowest BCUT2D eigenvalue weighted by atomic mass is 9.87. The molecule has 1 aliphatic rings. The van der Waals surface area contributed by atoms with E-state index in [0.29, 0.717) is 19.5 Å². The Balaban J connectivity index is 2.17. The van der Waals surface area contributed by atoms with Crippen molar-refractivity contribution in [2.45, 2.75) is 18.2 Å². The van der Waals surface area contributed by atoms with Crippen LogP contribution in [0.1, 0.15) is 23.7 Å². The molecule has 134 valence electrons. The predicted octanol–water partition coefficient (Wildman–Crippen LogP) is 0.781. The zero-order chi connectivity index (χ0) is 18.6. The van der Waals surface area contributed by atoms with Gasteiger partial charge in [0.05, 0.1) is 17.4 Å². The third-order valence-corrected chi connectivity index (χ3v) is 5.66. The van der Waals surface area contributed by atoms with Crippen LogP contribution in [0.4, 0.5) is 0 Å². The minimum Gasteiger partial charge on any atom is -0.481 e. The van der Waals surface area contributed by atoms with Gasteiger partial charge in [0.15, 0.2) is 0 Å². The molecule has 0 saturated carbocycles. The smallest absolute Gasteiger partial charge is 0.306 e. The van der Waals surface area contributed by atoms with Crippen LogP contribution in [0.2, 0.25) is 0 Å². The van der Waals surface area contributed by atoms with Gasteiger partial charge in [-0.15, -0.1) is 6.42 Å². The number of hydrogen-bond donors (Lipinski definition) is 2. The molecule has 0 aromatic heterocycles. The van der Waals surface area contributed by atoms with E-state index in [1.165, 1.54) is 24.3 Å². The van der Waals surface area contributed by atoms with Gasteiger partial charge in [-0.1, -0.05) is 18.9 Å². The van der Waals surface area contributed by atoms with Crippen LogP contribution in [0, 0.1) is 24.2 Å². The molecule has 8 heteroatoms. The summed E-state index contributed by atoms with van der Waals surface area (Å²) in [6, 6.07) is 5.71. The summed E-state index contributed by atoms with van der Waals surface area (Å²) >= 11 is 0. The Morgan fingerprint density at radius 1 is 1.44 bits per heavy atom. The zero-order valence-corrected chi connectivity index (χ0v) is 14.6. The number of hydrogen-bond acceptors (Lipinski definition) is 4. The van der Waals surface area contributed by atoms with Gasteiger partial charge in [0.25, 0.3) is 5.91 Å². The number of aliphatic carboxylic acids is 1. The third kappa shape index (κ3) is 4.38. The molecule has 2 unspecified atom stereocenters. The summed E-state index contributed by atoms with van der Waals surface area (Å²) in [4.78, 5) is 25.3. The molecular weight excluding hydrogens is 344 g/mol. The first kappa shape index (κ1) is 19.0. The Hall–Kier alpha value is -2.37. The van der Waals surface area contributed by atoms with Gasteiger partial charge in [-0.3, -0.25) is 9.59 Å². The van der Waals surface area contributed by atoms with Crippen LogP contribution >= 0.6 is 0 Å². The largest absolute Gasteiger partial charge is 0.481 e. The first-order valence-corrected chi connectivity index (χ1v) is 9.30. The van der Waals surface area contributed by atoms with E-state index in [1.54, 1.807) is 11.8 Å². The summed E-state index contributed by atoms with van der Waals surface area (Å²) in [6.07, 6.45) is 5.43. The van der Waals surface area contributed by atoms with Crippen LogP contribution < -0.4 is 4.72 Å². The molecule has 0 spiro atoms. The Morgan fingerprint density at radius 3 is 2.76 bits per heavy atom. The summed E-state index contributed by atoms with van der Waals surface area (Å²) in [7, 11) is -3.78. The number of carbonyl (C=O) groups excluding carboxylic acids is 1. The monoisotopic (exact) mass is 364 g/mol. The van der Waals surface area contributed by atoms with Crippen molar-refractivity contribution in [3.8, 4) is 12.3 Å². The van der Waals surface area contributed by atoms with Gasteiger partial charge in [0.1, 0.15) is 0 Å². The minimum atomic E-state index is -3.78. The number of carboxylic acid groups (broad SMARTS) is 1. The van der Waals surface area contributed by atoms with Gasteiger partial charge in [-0.25, -0.2) is 8.42 Å². The molecule has 2 rings (SSSR count). The van der Waals surface area contributed by atoms with E-state index in [0.717, 1.165) is 0 Å².